The van der Waals surface area contributed by atoms with E-state index in [1.54, 1.807) is 11.8 Å². The summed E-state index contributed by atoms with van der Waals surface area (Å²) in [5.74, 6) is 1.58. The van der Waals surface area contributed by atoms with Crippen molar-refractivity contribution in [3.05, 3.63) is 76.1 Å². The smallest absolute Gasteiger partial charge is 0.251 e. The molecular formula is C22H25ClN4OS. The standard InChI is InChI=1S/C22H25ClN4OS/c1-14(2)19(24-21(28)17-7-5-6-15(3)12-17)20-25-26-22(27(20)4)29-13-16-8-10-18(23)11-9-16/h5-12,14,19H,13H2,1-4H3,(H,24,28). The van der Waals surface area contributed by atoms with Crippen molar-refractivity contribution in [3.8, 4) is 0 Å². The highest BCUT2D eigenvalue weighted by Gasteiger charge is 2.25. The molecule has 0 aliphatic heterocycles. The van der Waals surface area contributed by atoms with E-state index in [0.29, 0.717) is 5.56 Å². The number of carbonyl (C=O) groups excluding carboxylic acids is 1. The fraction of sp³-hybridized carbons (Fsp3) is 0.318. The van der Waals surface area contributed by atoms with Crippen molar-refractivity contribution in [1.82, 2.24) is 20.1 Å². The molecule has 0 saturated carbocycles. The first kappa shape index (κ1) is 21.4. The van der Waals surface area contributed by atoms with Gasteiger partial charge in [0.2, 0.25) is 0 Å². The summed E-state index contributed by atoms with van der Waals surface area (Å²) < 4.78 is 1.96. The first-order valence-electron chi connectivity index (χ1n) is 9.49. The molecule has 1 heterocycles. The van der Waals surface area contributed by atoms with Gasteiger partial charge in [0.15, 0.2) is 11.0 Å². The molecule has 0 aliphatic rings. The largest absolute Gasteiger partial charge is 0.342 e. The van der Waals surface area contributed by atoms with Gasteiger partial charge in [0.05, 0.1) is 6.04 Å². The molecule has 152 valence electrons. The maximum atomic E-state index is 12.8. The van der Waals surface area contributed by atoms with E-state index in [1.807, 2.05) is 67.1 Å². The van der Waals surface area contributed by atoms with Gasteiger partial charge in [0.1, 0.15) is 0 Å². The summed E-state index contributed by atoms with van der Waals surface area (Å²) in [6.45, 7) is 6.11. The zero-order valence-corrected chi connectivity index (χ0v) is 18.6. The summed E-state index contributed by atoms with van der Waals surface area (Å²) in [6, 6.07) is 15.1. The molecule has 5 nitrogen and oxygen atoms in total. The highest BCUT2D eigenvalue weighted by atomic mass is 35.5. The van der Waals surface area contributed by atoms with Crippen LogP contribution in [-0.4, -0.2) is 20.7 Å². The molecule has 0 radical (unpaired) electrons. The van der Waals surface area contributed by atoms with Crippen LogP contribution in [0.25, 0.3) is 0 Å². The average molecular weight is 429 g/mol. The number of halogens is 1. The zero-order chi connectivity index (χ0) is 21.0. The topological polar surface area (TPSA) is 59.8 Å². The van der Waals surface area contributed by atoms with E-state index in [2.05, 4.69) is 29.4 Å². The van der Waals surface area contributed by atoms with Crippen LogP contribution < -0.4 is 5.32 Å². The quantitative estimate of drug-likeness (QED) is 0.525. The molecule has 1 N–H and O–H groups in total. The van der Waals surface area contributed by atoms with Crippen molar-refractivity contribution >= 4 is 29.3 Å². The third-order valence-electron chi connectivity index (χ3n) is 4.66. The van der Waals surface area contributed by atoms with Crippen LogP contribution in [0.4, 0.5) is 0 Å². The Labute approximate surface area is 180 Å². The molecule has 7 heteroatoms. The predicted octanol–water partition coefficient (Wildman–Crippen LogP) is 5.20. The molecule has 2 aromatic carbocycles. The molecule has 1 atom stereocenters. The molecule has 3 aromatic rings. The minimum Gasteiger partial charge on any atom is -0.342 e. The van der Waals surface area contributed by atoms with Crippen LogP contribution in [0.15, 0.2) is 53.7 Å². The van der Waals surface area contributed by atoms with Crippen LogP contribution >= 0.6 is 23.4 Å². The van der Waals surface area contributed by atoms with Crippen LogP contribution in [0, 0.1) is 12.8 Å². The van der Waals surface area contributed by atoms with Crippen LogP contribution in [0.5, 0.6) is 0 Å². The van der Waals surface area contributed by atoms with E-state index < -0.39 is 0 Å². The van der Waals surface area contributed by atoms with Gasteiger partial charge in [-0.1, -0.05) is 67.0 Å². The van der Waals surface area contributed by atoms with Gasteiger partial charge in [-0.05, 0) is 42.7 Å². The Balaban J connectivity index is 1.74. The Morgan fingerprint density at radius 2 is 1.90 bits per heavy atom. The number of benzene rings is 2. The number of amides is 1. The van der Waals surface area contributed by atoms with Crippen LogP contribution in [0.1, 0.15) is 47.2 Å². The maximum absolute atomic E-state index is 12.8. The van der Waals surface area contributed by atoms with Crippen molar-refractivity contribution in [2.75, 3.05) is 0 Å². The fourth-order valence-electron chi connectivity index (χ4n) is 2.99. The van der Waals surface area contributed by atoms with Gasteiger partial charge in [-0.25, -0.2) is 0 Å². The molecule has 29 heavy (non-hydrogen) atoms. The number of thioether (sulfide) groups is 1. The highest BCUT2D eigenvalue weighted by Crippen LogP contribution is 2.26. The number of hydrogen-bond donors (Lipinski definition) is 1. The Kier molecular flexibility index (Phi) is 6.98. The van der Waals surface area contributed by atoms with E-state index >= 15 is 0 Å². The lowest BCUT2D eigenvalue weighted by Gasteiger charge is -2.22. The molecule has 1 amide bonds. The van der Waals surface area contributed by atoms with E-state index in [0.717, 1.165) is 32.9 Å². The summed E-state index contributed by atoms with van der Waals surface area (Å²) in [4.78, 5) is 12.8. The van der Waals surface area contributed by atoms with Crippen molar-refractivity contribution in [2.24, 2.45) is 13.0 Å². The van der Waals surface area contributed by atoms with Crippen molar-refractivity contribution in [2.45, 2.75) is 37.7 Å². The molecule has 1 aromatic heterocycles. The minimum absolute atomic E-state index is 0.106. The normalized spacial score (nSPS) is 12.2. The van der Waals surface area contributed by atoms with E-state index in [1.165, 1.54) is 0 Å². The number of aryl methyl sites for hydroxylation is 1. The second-order valence-electron chi connectivity index (χ2n) is 7.38. The lowest BCUT2D eigenvalue weighted by molar-refractivity contribution is 0.0922. The molecule has 0 fully saturated rings. The summed E-state index contributed by atoms with van der Waals surface area (Å²) in [7, 11) is 1.94. The number of rotatable bonds is 7. The summed E-state index contributed by atoms with van der Waals surface area (Å²) in [5, 5.41) is 13.4. The van der Waals surface area contributed by atoms with Gasteiger partial charge in [0, 0.05) is 23.4 Å². The predicted molar refractivity (Wildman–Crippen MR) is 118 cm³/mol. The molecular weight excluding hydrogens is 404 g/mol. The molecule has 3 rings (SSSR count). The number of nitrogens with one attached hydrogen (secondary N) is 1. The molecule has 1 unspecified atom stereocenters. The van der Waals surface area contributed by atoms with E-state index in [4.69, 9.17) is 11.6 Å². The van der Waals surface area contributed by atoms with Crippen molar-refractivity contribution in [3.63, 3.8) is 0 Å². The number of nitrogens with zero attached hydrogens (tertiary/aromatic N) is 3. The summed E-state index contributed by atoms with van der Waals surface area (Å²) >= 11 is 7.56. The third-order valence-corrected chi connectivity index (χ3v) is 6.00. The highest BCUT2D eigenvalue weighted by molar-refractivity contribution is 7.98. The van der Waals surface area contributed by atoms with Gasteiger partial charge in [0.25, 0.3) is 5.91 Å². The van der Waals surface area contributed by atoms with Gasteiger partial charge in [-0.3, -0.25) is 4.79 Å². The van der Waals surface area contributed by atoms with Crippen LogP contribution in [0.3, 0.4) is 0 Å². The molecule has 0 aliphatic carbocycles. The molecule has 0 bridgehead atoms. The Bertz CT molecular complexity index is 985. The second kappa shape index (κ2) is 9.46. The average Bonchev–Trinajstić information content (AvgIpc) is 3.05. The minimum atomic E-state index is -0.231. The fourth-order valence-corrected chi connectivity index (χ4v) is 3.99. The third kappa shape index (κ3) is 5.40. The van der Waals surface area contributed by atoms with E-state index in [-0.39, 0.29) is 17.9 Å². The maximum Gasteiger partial charge on any atom is 0.251 e. The first-order chi connectivity index (χ1) is 13.8. The number of aromatic nitrogens is 3. The SMILES string of the molecule is Cc1cccc(C(=O)NC(c2nnc(SCc3ccc(Cl)cc3)n2C)C(C)C)c1. The van der Waals surface area contributed by atoms with Crippen LogP contribution in [-0.2, 0) is 12.8 Å². The number of hydrogen-bond acceptors (Lipinski definition) is 4. The van der Waals surface area contributed by atoms with Gasteiger partial charge < -0.3 is 9.88 Å². The Hall–Kier alpha value is -2.31. The molecule has 0 saturated heterocycles. The number of carbonyl (C=O) groups is 1. The second-order valence-corrected chi connectivity index (χ2v) is 8.76. The summed E-state index contributed by atoms with van der Waals surface area (Å²) in [5.41, 5.74) is 2.87. The Morgan fingerprint density at radius 1 is 1.17 bits per heavy atom. The van der Waals surface area contributed by atoms with Gasteiger partial charge in [-0.15, -0.1) is 10.2 Å². The zero-order valence-electron chi connectivity index (χ0n) is 17.0. The summed E-state index contributed by atoms with van der Waals surface area (Å²) in [6.07, 6.45) is 0. The van der Waals surface area contributed by atoms with E-state index in [9.17, 15) is 4.79 Å². The Morgan fingerprint density at radius 3 is 2.55 bits per heavy atom. The van der Waals surface area contributed by atoms with Crippen molar-refractivity contribution in [1.29, 1.82) is 0 Å². The first-order valence-corrected chi connectivity index (χ1v) is 10.9. The monoisotopic (exact) mass is 428 g/mol. The van der Waals surface area contributed by atoms with Gasteiger partial charge in [-0.2, -0.15) is 0 Å². The lowest BCUT2D eigenvalue weighted by atomic mass is 10.0. The molecule has 0 spiro atoms. The van der Waals surface area contributed by atoms with Gasteiger partial charge >= 0.3 is 0 Å². The van der Waals surface area contributed by atoms with Crippen LogP contribution in [0.2, 0.25) is 5.02 Å². The lowest BCUT2D eigenvalue weighted by Crippen LogP contribution is -2.33. The van der Waals surface area contributed by atoms with Crippen molar-refractivity contribution < 1.29 is 4.79 Å².